The van der Waals surface area contributed by atoms with Crippen molar-refractivity contribution in [3.05, 3.63) is 30.3 Å². The van der Waals surface area contributed by atoms with Gasteiger partial charge < -0.3 is 15.4 Å². The van der Waals surface area contributed by atoms with Gasteiger partial charge in [0.25, 0.3) is 0 Å². The number of benzene rings is 1. The molecule has 1 amide bonds. The molecule has 1 aliphatic rings. The van der Waals surface area contributed by atoms with Crippen molar-refractivity contribution >= 4 is 5.91 Å². The first-order valence-corrected chi connectivity index (χ1v) is 5.99. The third kappa shape index (κ3) is 3.20. The van der Waals surface area contributed by atoms with E-state index in [0.717, 1.165) is 25.1 Å². The van der Waals surface area contributed by atoms with Gasteiger partial charge in [-0.3, -0.25) is 4.79 Å². The number of hydrogen-bond acceptors (Lipinski definition) is 3. The predicted molar refractivity (Wildman–Crippen MR) is 65.7 cm³/mol. The Balaban J connectivity index is 1.92. The second kappa shape index (κ2) is 5.68. The van der Waals surface area contributed by atoms with Gasteiger partial charge in [-0.25, -0.2) is 0 Å². The summed E-state index contributed by atoms with van der Waals surface area (Å²) < 4.78 is 5.85. The van der Waals surface area contributed by atoms with Crippen LogP contribution in [0, 0.1) is 0 Å². The Hall–Kier alpha value is -1.55. The molecular formula is C13H18N2O2. The van der Waals surface area contributed by atoms with Crippen LogP contribution in [0.15, 0.2) is 30.3 Å². The van der Waals surface area contributed by atoms with Crippen molar-refractivity contribution in [1.29, 1.82) is 0 Å². The molecule has 2 N–H and O–H groups in total. The molecule has 0 spiro atoms. The molecular weight excluding hydrogens is 216 g/mol. The van der Waals surface area contributed by atoms with Gasteiger partial charge in [0, 0.05) is 6.54 Å². The van der Waals surface area contributed by atoms with Gasteiger partial charge in [-0.2, -0.15) is 0 Å². The average molecular weight is 234 g/mol. The lowest BCUT2D eigenvalue weighted by molar-refractivity contribution is -0.132. The van der Waals surface area contributed by atoms with E-state index in [1.807, 2.05) is 30.3 Å². The maximum absolute atomic E-state index is 11.5. The number of amides is 1. The first-order valence-electron chi connectivity index (χ1n) is 5.99. The second-order valence-corrected chi connectivity index (χ2v) is 4.24. The van der Waals surface area contributed by atoms with Crippen LogP contribution in [0.25, 0.3) is 0 Å². The van der Waals surface area contributed by atoms with Crippen LogP contribution in [-0.4, -0.2) is 36.5 Å². The van der Waals surface area contributed by atoms with Crippen LogP contribution in [0.3, 0.4) is 0 Å². The van der Waals surface area contributed by atoms with Crippen LogP contribution in [0.2, 0.25) is 0 Å². The fourth-order valence-electron chi connectivity index (χ4n) is 2.08. The van der Waals surface area contributed by atoms with E-state index < -0.39 is 0 Å². The zero-order chi connectivity index (χ0) is 12.1. The van der Waals surface area contributed by atoms with Crippen LogP contribution < -0.4 is 10.5 Å². The van der Waals surface area contributed by atoms with Crippen LogP contribution in [-0.2, 0) is 4.79 Å². The second-order valence-electron chi connectivity index (χ2n) is 4.24. The standard InChI is InChI=1S/C13H18N2O2/c14-9-13(16)15-8-4-7-12(10-15)17-11-5-2-1-3-6-11/h1-3,5-6,12H,4,7-10,14H2. The van der Waals surface area contributed by atoms with E-state index in [4.69, 9.17) is 10.5 Å². The fourth-order valence-corrected chi connectivity index (χ4v) is 2.08. The summed E-state index contributed by atoms with van der Waals surface area (Å²) in [5, 5.41) is 0. The van der Waals surface area contributed by atoms with Gasteiger partial charge in [-0.1, -0.05) is 18.2 Å². The highest BCUT2D eigenvalue weighted by atomic mass is 16.5. The number of hydrogen-bond donors (Lipinski definition) is 1. The molecule has 1 aromatic carbocycles. The van der Waals surface area contributed by atoms with E-state index in [-0.39, 0.29) is 18.6 Å². The Bertz CT molecular complexity index is 367. The highest BCUT2D eigenvalue weighted by molar-refractivity contribution is 5.78. The molecule has 92 valence electrons. The zero-order valence-corrected chi connectivity index (χ0v) is 9.84. The molecule has 1 atom stereocenters. The van der Waals surface area contributed by atoms with Crippen molar-refractivity contribution in [1.82, 2.24) is 4.90 Å². The van der Waals surface area contributed by atoms with Gasteiger partial charge in [-0.15, -0.1) is 0 Å². The summed E-state index contributed by atoms with van der Waals surface area (Å²) in [6.45, 7) is 1.52. The SMILES string of the molecule is NCC(=O)N1CCCC(Oc2ccccc2)C1. The topological polar surface area (TPSA) is 55.6 Å². The summed E-state index contributed by atoms with van der Waals surface area (Å²) in [7, 11) is 0. The van der Waals surface area contributed by atoms with Crippen LogP contribution in [0.1, 0.15) is 12.8 Å². The molecule has 4 nitrogen and oxygen atoms in total. The molecule has 1 aromatic rings. The minimum Gasteiger partial charge on any atom is -0.489 e. The van der Waals surface area contributed by atoms with Gasteiger partial charge in [-0.05, 0) is 25.0 Å². The van der Waals surface area contributed by atoms with Crippen LogP contribution in [0.5, 0.6) is 5.75 Å². The van der Waals surface area contributed by atoms with Gasteiger partial charge in [0.15, 0.2) is 0 Å². The Morgan fingerprint density at radius 3 is 2.88 bits per heavy atom. The first-order chi connectivity index (χ1) is 8.29. The van der Waals surface area contributed by atoms with E-state index in [2.05, 4.69) is 0 Å². The number of para-hydroxylation sites is 1. The van der Waals surface area contributed by atoms with Crippen molar-refractivity contribution in [2.24, 2.45) is 5.73 Å². The Morgan fingerprint density at radius 1 is 1.41 bits per heavy atom. The zero-order valence-electron chi connectivity index (χ0n) is 9.84. The van der Waals surface area contributed by atoms with E-state index >= 15 is 0 Å². The molecule has 1 heterocycles. The van der Waals surface area contributed by atoms with Crippen LogP contribution >= 0.6 is 0 Å². The molecule has 17 heavy (non-hydrogen) atoms. The normalized spacial score (nSPS) is 20.1. The maximum atomic E-state index is 11.5. The summed E-state index contributed by atoms with van der Waals surface area (Å²) >= 11 is 0. The monoisotopic (exact) mass is 234 g/mol. The highest BCUT2D eigenvalue weighted by Gasteiger charge is 2.23. The lowest BCUT2D eigenvalue weighted by Crippen LogP contribution is -2.46. The van der Waals surface area contributed by atoms with E-state index in [9.17, 15) is 4.79 Å². The fraction of sp³-hybridized carbons (Fsp3) is 0.462. The summed E-state index contributed by atoms with van der Waals surface area (Å²) in [4.78, 5) is 13.3. The number of nitrogens with two attached hydrogens (primary N) is 1. The molecule has 2 rings (SSSR count). The molecule has 1 fully saturated rings. The van der Waals surface area contributed by atoms with Crippen molar-refractivity contribution in [3.63, 3.8) is 0 Å². The lowest BCUT2D eigenvalue weighted by Gasteiger charge is -2.32. The van der Waals surface area contributed by atoms with Crippen molar-refractivity contribution in [3.8, 4) is 5.75 Å². The average Bonchev–Trinajstić information content (AvgIpc) is 2.39. The number of likely N-dealkylation sites (tertiary alicyclic amines) is 1. The molecule has 0 radical (unpaired) electrons. The molecule has 1 aliphatic heterocycles. The highest BCUT2D eigenvalue weighted by Crippen LogP contribution is 2.17. The molecule has 0 aliphatic carbocycles. The predicted octanol–water partition coefficient (Wildman–Crippen LogP) is 1.02. The van der Waals surface area contributed by atoms with Gasteiger partial charge in [0.1, 0.15) is 11.9 Å². The summed E-state index contributed by atoms with van der Waals surface area (Å²) in [6.07, 6.45) is 2.05. The molecule has 1 saturated heterocycles. The van der Waals surface area contributed by atoms with E-state index in [1.165, 1.54) is 0 Å². The molecule has 0 bridgehead atoms. The Labute approximate surface area is 101 Å². The van der Waals surface area contributed by atoms with Crippen LogP contribution in [0.4, 0.5) is 0 Å². The summed E-state index contributed by atoms with van der Waals surface area (Å²) in [5.41, 5.74) is 5.37. The first kappa shape index (κ1) is 11.9. The van der Waals surface area contributed by atoms with Crippen molar-refractivity contribution in [2.75, 3.05) is 19.6 Å². The number of carbonyl (C=O) groups excluding carboxylic acids is 1. The molecule has 0 aromatic heterocycles. The van der Waals surface area contributed by atoms with Crippen molar-refractivity contribution < 1.29 is 9.53 Å². The van der Waals surface area contributed by atoms with E-state index in [1.54, 1.807) is 4.90 Å². The largest absolute Gasteiger partial charge is 0.489 e. The number of ether oxygens (including phenoxy) is 1. The number of piperidine rings is 1. The van der Waals surface area contributed by atoms with Gasteiger partial charge in [0.05, 0.1) is 13.1 Å². The van der Waals surface area contributed by atoms with Gasteiger partial charge in [0.2, 0.25) is 5.91 Å². The lowest BCUT2D eigenvalue weighted by atomic mass is 10.1. The third-order valence-corrected chi connectivity index (χ3v) is 2.95. The van der Waals surface area contributed by atoms with Crippen molar-refractivity contribution in [2.45, 2.75) is 18.9 Å². The minimum absolute atomic E-state index is 0.00589. The molecule has 4 heteroatoms. The quantitative estimate of drug-likeness (QED) is 0.849. The van der Waals surface area contributed by atoms with E-state index in [0.29, 0.717) is 6.54 Å². The van der Waals surface area contributed by atoms with Gasteiger partial charge >= 0.3 is 0 Å². The molecule has 1 unspecified atom stereocenters. The number of rotatable bonds is 3. The third-order valence-electron chi connectivity index (χ3n) is 2.95. The summed E-state index contributed by atoms with van der Waals surface area (Å²) in [5.74, 6) is 0.867. The number of nitrogens with zero attached hydrogens (tertiary/aromatic N) is 1. The molecule has 0 saturated carbocycles. The Morgan fingerprint density at radius 2 is 2.18 bits per heavy atom. The minimum atomic E-state index is 0.00589. The Kier molecular flexibility index (Phi) is 3.98. The maximum Gasteiger partial charge on any atom is 0.236 e. The number of carbonyl (C=O) groups is 1. The smallest absolute Gasteiger partial charge is 0.236 e. The summed E-state index contributed by atoms with van der Waals surface area (Å²) in [6, 6.07) is 9.72.